The van der Waals surface area contributed by atoms with E-state index in [1.54, 1.807) is 36.5 Å². The number of anilines is 1. The number of nitrogens with zero attached hydrogens (tertiary/aromatic N) is 1. The maximum Gasteiger partial charge on any atom is 0.188 e. The van der Waals surface area contributed by atoms with Crippen LogP contribution in [-0.2, 0) is 0 Å². The van der Waals surface area contributed by atoms with Gasteiger partial charge in [-0.15, -0.1) is 0 Å². The Kier molecular flexibility index (Phi) is 4.48. The highest BCUT2D eigenvalue weighted by Gasteiger charge is 2.06. The predicted octanol–water partition coefficient (Wildman–Crippen LogP) is 3.05. The summed E-state index contributed by atoms with van der Waals surface area (Å²) >= 11 is 6.06. The summed E-state index contributed by atoms with van der Waals surface area (Å²) in [5.74, 6) is 6.05. The number of Topliss-reactive ketones (excluding diaryl/α,β-unsaturated/α-hetero) is 1. The second kappa shape index (κ2) is 6.71. The third-order valence-electron chi connectivity index (χ3n) is 3.57. The molecule has 3 rings (SSSR count). The zero-order valence-corrected chi connectivity index (χ0v) is 13.3. The summed E-state index contributed by atoms with van der Waals surface area (Å²) in [7, 11) is 0. The van der Waals surface area contributed by atoms with Gasteiger partial charge in [0.05, 0.1) is 5.56 Å². The van der Waals surface area contributed by atoms with Crippen molar-refractivity contribution in [2.24, 2.45) is 0 Å². The molecule has 0 aliphatic heterocycles. The van der Waals surface area contributed by atoms with Crippen molar-refractivity contribution < 1.29 is 9.90 Å². The average molecular weight is 337 g/mol. The lowest BCUT2D eigenvalue weighted by molar-refractivity contribution is 0.0904. The Morgan fingerprint density at radius 1 is 1.17 bits per heavy atom. The Morgan fingerprint density at radius 3 is 2.62 bits per heavy atom. The minimum absolute atomic E-state index is 0.327. The highest BCUT2D eigenvalue weighted by atomic mass is 35.5. The van der Waals surface area contributed by atoms with Gasteiger partial charge in [-0.25, -0.2) is 4.98 Å². The van der Waals surface area contributed by atoms with Crippen molar-refractivity contribution in [2.45, 2.75) is 0 Å². The number of rotatable bonds is 2. The number of pyridine rings is 1. The van der Waals surface area contributed by atoms with Crippen molar-refractivity contribution in [3.8, 4) is 11.8 Å². The summed E-state index contributed by atoms with van der Waals surface area (Å²) in [4.78, 5) is 15.6. The number of aromatic nitrogens is 1. The molecule has 24 heavy (non-hydrogen) atoms. The van der Waals surface area contributed by atoms with Gasteiger partial charge in [0.2, 0.25) is 0 Å². The van der Waals surface area contributed by atoms with Gasteiger partial charge in [0.1, 0.15) is 12.4 Å². The summed E-state index contributed by atoms with van der Waals surface area (Å²) in [5, 5.41) is 11.2. The van der Waals surface area contributed by atoms with E-state index in [0.717, 1.165) is 16.3 Å². The van der Waals surface area contributed by atoms with Crippen molar-refractivity contribution in [1.29, 1.82) is 0 Å². The van der Waals surface area contributed by atoms with E-state index in [9.17, 15) is 4.79 Å². The van der Waals surface area contributed by atoms with Crippen LogP contribution in [0.15, 0.2) is 48.7 Å². The van der Waals surface area contributed by atoms with E-state index in [2.05, 4.69) is 16.8 Å². The molecule has 1 aromatic heterocycles. The number of hydrogen-bond donors (Lipinski definition) is 2. The zero-order valence-electron chi connectivity index (χ0n) is 12.6. The van der Waals surface area contributed by atoms with Gasteiger partial charge in [0.15, 0.2) is 5.78 Å². The summed E-state index contributed by atoms with van der Waals surface area (Å²) in [6.45, 7) is -0.510. The molecule has 4 nitrogen and oxygen atoms in total. The maximum absolute atomic E-state index is 11.4. The van der Waals surface area contributed by atoms with Crippen molar-refractivity contribution >= 4 is 34.0 Å². The van der Waals surface area contributed by atoms with Crippen LogP contribution in [0.25, 0.3) is 10.8 Å². The second-order valence-corrected chi connectivity index (χ2v) is 5.60. The molecule has 0 radical (unpaired) electrons. The summed E-state index contributed by atoms with van der Waals surface area (Å²) in [6.07, 6.45) is 1.68. The molecule has 0 saturated heterocycles. The molecule has 0 unspecified atom stereocenters. The zero-order chi connectivity index (χ0) is 17.1. The van der Waals surface area contributed by atoms with Crippen molar-refractivity contribution in [3.05, 3.63) is 70.4 Å². The van der Waals surface area contributed by atoms with Gasteiger partial charge in [0.25, 0.3) is 0 Å². The molecule has 118 valence electrons. The lowest BCUT2D eigenvalue weighted by Crippen LogP contribution is -2.03. The Hall–Kier alpha value is -2.87. The van der Waals surface area contributed by atoms with Crippen LogP contribution >= 0.6 is 11.6 Å². The largest absolute Gasteiger partial charge is 0.388 e. The number of nitrogen functional groups attached to an aromatic ring is 1. The minimum atomic E-state index is -0.510. The van der Waals surface area contributed by atoms with E-state index >= 15 is 0 Å². The molecule has 5 heteroatoms. The highest BCUT2D eigenvalue weighted by molar-refractivity contribution is 6.31. The average Bonchev–Trinajstić information content (AvgIpc) is 2.60. The van der Waals surface area contributed by atoms with Crippen LogP contribution in [0.1, 0.15) is 21.5 Å². The van der Waals surface area contributed by atoms with Crippen molar-refractivity contribution in [1.82, 2.24) is 4.98 Å². The van der Waals surface area contributed by atoms with Crippen LogP contribution in [0.4, 0.5) is 5.82 Å². The number of hydrogen-bond acceptors (Lipinski definition) is 4. The topological polar surface area (TPSA) is 76.2 Å². The molecule has 0 aliphatic rings. The first-order chi connectivity index (χ1) is 11.6. The third kappa shape index (κ3) is 3.23. The SMILES string of the molecule is Nc1ncc2ccc(Cl)cc2c1C#Cc1ccc(C(=O)CO)cc1. The quantitative estimate of drug-likeness (QED) is 0.557. The molecule has 1 heterocycles. The molecule has 0 amide bonds. The fraction of sp³-hybridized carbons (Fsp3) is 0.0526. The number of aliphatic hydroxyl groups excluding tert-OH is 1. The number of benzene rings is 2. The van der Waals surface area contributed by atoms with Crippen molar-refractivity contribution in [3.63, 3.8) is 0 Å². The molecule has 0 saturated carbocycles. The smallest absolute Gasteiger partial charge is 0.188 e. The molecular formula is C19H13ClN2O2. The molecule has 0 bridgehead atoms. The van der Waals surface area contributed by atoms with E-state index in [4.69, 9.17) is 22.4 Å². The van der Waals surface area contributed by atoms with Gasteiger partial charge in [-0.05, 0) is 24.3 Å². The Labute approximate surface area is 143 Å². The van der Waals surface area contributed by atoms with Crippen LogP contribution in [0.3, 0.4) is 0 Å². The summed E-state index contributed by atoms with van der Waals surface area (Å²) < 4.78 is 0. The maximum atomic E-state index is 11.4. The molecule has 3 N–H and O–H groups in total. The van der Waals surface area contributed by atoms with Crippen LogP contribution in [-0.4, -0.2) is 22.5 Å². The minimum Gasteiger partial charge on any atom is -0.388 e. The first-order valence-corrected chi connectivity index (χ1v) is 7.56. The van der Waals surface area contributed by atoms with Gasteiger partial charge in [0, 0.05) is 33.1 Å². The molecular weight excluding hydrogens is 324 g/mol. The fourth-order valence-electron chi connectivity index (χ4n) is 2.30. The van der Waals surface area contributed by atoms with E-state index in [1.165, 1.54) is 0 Å². The predicted molar refractivity (Wildman–Crippen MR) is 95.0 cm³/mol. The second-order valence-electron chi connectivity index (χ2n) is 5.16. The fourth-order valence-corrected chi connectivity index (χ4v) is 2.47. The third-order valence-corrected chi connectivity index (χ3v) is 3.80. The van der Waals surface area contributed by atoms with Gasteiger partial charge >= 0.3 is 0 Å². The van der Waals surface area contributed by atoms with Gasteiger partial charge < -0.3 is 10.8 Å². The van der Waals surface area contributed by atoms with Crippen LogP contribution < -0.4 is 5.73 Å². The number of aliphatic hydroxyl groups is 1. The molecule has 0 aliphatic carbocycles. The normalized spacial score (nSPS) is 10.2. The first kappa shape index (κ1) is 16.0. The molecule has 0 spiro atoms. The number of carbonyl (C=O) groups is 1. The van der Waals surface area contributed by atoms with Crippen LogP contribution in [0, 0.1) is 11.8 Å². The molecule has 0 atom stereocenters. The Morgan fingerprint density at radius 2 is 1.92 bits per heavy atom. The Balaban J connectivity index is 2.02. The summed E-state index contributed by atoms with van der Waals surface area (Å²) in [6, 6.07) is 12.2. The molecule has 3 aromatic rings. The highest BCUT2D eigenvalue weighted by Crippen LogP contribution is 2.24. The van der Waals surface area contributed by atoms with E-state index in [0.29, 0.717) is 22.0 Å². The molecule has 0 fully saturated rings. The standard InChI is InChI=1S/C19H13ClN2O2/c20-15-7-6-14-10-22-19(21)16(17(14)9-15)8-3-12-1-4-13(5-2-12)18(24)11-23/h1-2,4-7,9-10,23H,11H2,(H2,21,22). The number of carbonyl (C=O) groups excluding carboxylic acids is 1. The first-order valence-electron chi connectivity index (χ1n) is 7.18. The van der Waals surface area contributed by atoms with Gasteiger partial charge in [-0.3, -0.25) is 4.79 Å². The lowest BCUT2D eigenvalue weighted by atomic mass is 10.1. The van der Waals surface area contributed by atoms with Crippen molar-refractivity contribution in [2.75, 3.05) is 12.3 Å². The number of ketones is 1. The van der Waals surface area contributed by atoms with Crippen LogP contribution in [0.5, 0.6) is 0 Å². The monoisotopic (exact) mass is 336 g/mol. The molecule has 2 aromatic carbocycles. The number of nitrogens with two attached hydrogens (primary N) is 1. The number of halogens is 1. The van der Waals surface area contributed by atoms with E-state index in [1.807, 2.05) is 12.1 Å². The summed E-state index contributed by atoms with van der Waals surface area (Å²) in [5.41, 5.74) is 7.74. The van der Waals surface area contributed by atoms with E-state index < -0.39 is 6.61 Å². The Bertz CT molecular complexity index is 981. The van der Waals surface area contributed by atoms with Gasteiger partial charge in [-0.2, -0.15) is 0 Å². The number of fused-ring (bicyclic) bond motifs is 1. The lowest BCUT2D eigenvalue weighted by Gasteiger charge is -2.04. The van der Waals surface area contributed by atoms with E-state index in [-0.39, 0.29) is 5.78 Å². The van der Waals surface area contributed by atoms with Crippen LogP contribution in [0.2, 0.25) is 5.02 Å². The van der Waals surface area contributed by atoms with Gasteiger partial charge in [-0.1, -0.05) is 41.6 Å².